The fraction of sp³-hybridized carbons (Fsp3) is 0.278. The first-order valence-electron chi connectivity index (χ1n) is 6.85. The maximum atomic E-state index is 11.9. The number of carbonyl (C=O) groups is 1. The van der Waals surface area contributed by atoms with Gasteiger partial charge in [-0.2, -0.15) is 0 Å². The van der Waals surface area contributed by atoms with E-state index in [1.165, 1.54) is 16.7 Å². The van der Waals surface area contributed by atoms with Crippen molar-refractivity contribution in [2.45, 2.75) is 32.6 Å². The number of benzene rings is 2. The minimum atomic E-state index is 0.352. The van der Waals surface area contributed by atoms with Crippen LogP contribution >= 0.6 is 0 Å². The molecule has 0 aliphatic heterocycles. The molecule has 1 heteroatoms. The topological polar surface area (TPSA) is 17.1 Å². The zero-order valence-corrected chi connectivity index (χ0v) is 11.4. The maximum absolute atomic E-state index is 11.9. The van der Waals surface area contributed by atoms with Gasteiger partial charge >= 0.3 is 0 Å². The number of rotatable bonds is 6. The minimum absolute atomic E-state index is 0.352. The smallest absolute Gasteiger partial charge is 0.133 e. The van der Waals surface area contributed by atoms with E-state index in [0.29, 0.717) is 18.6 Å². The Morgan fingerprint density at radius 2 is 1.47 bits per heavy atom. The predicted octanol–water partition coefficient (Wildman–Crippen LogP) is 4.13. The number of aryl methyl sites for hydroxylation is 3. The standard InChI is InChI=1S/C18H20O/c1-15-6-5-9-17(14-15)11-13-18(19)12-10-16-7-3-2-4-8-16/h2-9,14H,10-13H2,1H3. The van der Waals surface area contributed by atoms with Crippen molar-refractivity contribution in [3.8, 4) is 0 Å². The van der Waals surface area contributed by atoms with E-state index < -0.39 is 0 Å². The monoisotopic (exact) mass is 252 g/mol. The molecule has 0 amide bonds. The van der Waals surface area contributed by atoms with Gasteiger partial charge in [-0.1, -0.05) is 60.2 Å². The van der Waals surface area contributed by atoms with Gasteiger partial charge in [0.1, 0.15) is 5.78 Å². The van der Waals surface area contributed by atoms with Gasteiger partial charge in [0.2, 0.25) is 0 Å². The van der Waals surface area contributed by atoms with Crippen molar-refractivity contribution in [1.29, 1.82) is 0 Å². The van der Waals surface area contributed by atoms with E-state index in [4.69, 9.17) is 0 Å². The molecule has 0 radical (unpaired) electrons. The predicted molar refractivity (Wildman–Crippen MR) is 79.3 cm³/mol. The molecule has 0 bridgehead atoms. The van der Waals surface area contributed by atoms with Gasteiger partial charge < -0.3 is 0 Å². The highest BCUT2D eigenvalue weighted by molar-refractivity contribution is 5.78. The summed E-state index contributed by atoms with van der Waals surface area (Å²) < 4.78 is 0. The van der Waals surface area contributed by atoms with Crippen molar-refractivity contribution in [1.82, 2.24) is 0 Å². The number of ketones is 1. The summed E-state index contributed by atoms with van der Waals surface area (Å²) in [6.07, 6.45) is 3.01. The molecule has 0 heterocycles. The summed E-state index contributed by atoms with van der Waals surface area (Å²) in [5, 5.41) is 0. The first-order chi connectivity index (χ1) is 9.24. The van der Waals surface area contributed by atoms with Crippen LogP contribution in [-0.4, -0.2) is 5.78 Å². The molecule has 0 aliphatic rings. The molecule has 0 unspecified atom stereocenters. The second kappa shape index (κ2) is 6.89. The zero-order chi connectivity index (χ0) is 13.5. The second-order valence-corrected chi connectivity index (χ2v) is 5.01. The normalized spacial score (nSPS) is 10.4. The molecule has 0 fully saturated rings. The number of Topliss-reactive ketones (excluding diaryl/α,β-unsaturated/α-hetero) is 1. The van der Waals surface area contributed by atoms with Crippen LogP contribution in [0.2, 0.25) is 0 Å². The van der Waals surface area contributed by atoms with E-state index in [0.717, 1.165) is 12.8 Å². The maximum Gasteiger partial charge on any atom is 0.133 e. The summed E-state index contributed by atoms with van der Waals surface area (Å²) in [6.45, 7) is 2.08. The molecule has 0 spiro atoms. The first-order valence-corrected chi connectivity index (χ1v) is 6.85. The Morgan fingerprint density at radius 3 is 2.16 bits per heavy atom. The van der Waals surface area contributed by atoms with E-state index in [-0.39, 0.29) is 0 Å². The summed E-state index contributed by atoms with van der Waals surface area (Å²) >= 11 is 0. The molecule has 0 aromatic heterocycles. The second-order valence-electron chi connectivity index (χ2n) is 5.01. The third kappa shape index (κ3) is 4.70. The lowest BCUT2D eigenvalue weighted by molar-refractivity contribution is -0.119. The van der Waals surface area contributed by atoms with Gasteiger partial charge in [0, 0.05) is 12.8 Å². The average molecular weight is 252 g/mol. The quantitative estimate of drug-likeness (QED) is 0.755. The third-order valence-corrected chi connectivity index (χ3v) is 3.31. The fourth-order valence-electron chi connectivity index (χ4n) is 2.20. The van der Waals surface area contributed by atoms with E-state index in [1.807, 2.05) is 18.2 Å². The molecule has 2 rings (SSSR count). The first kappa shape index (κ1) is 13.5. The Morgan fingerprint density at radius 1 is 0.842 bits per heavy atom. The molecule has 0 aliphatic carbocycles. The highest BCUT2D eigenvalue weighted by atomic mass is 16.1. The van der Waals surface area contributed by atoms with Gasteiger partial charge in [0.05, 0.1) is 0 Å². The SMILES string of the molecule is Cc1cccc(CCC(=O)CCc2ccccc2)c1. The Labute approximate surface area is 115 Å². The van der Waals surface area contributed by atoms with Crippen molar-refractivity contribution in [2.24, 2.45) is 0 Å². The Kier molecular flexibility index (Phi) is 4.91. The molecule has 0 N–H and O–H groups in total. The number of carbonyl (C=O) groups excluding carboxylic acids is 1. The van der Waals surface area contributed by atoms with Crippen LogP contribution in [0.3, 0.4) is 0 Å². The molecule has 0 atom stereocenters. The van der Waals surface area contributed by atoms with Gasteiger partial charge in [0.15, 0.2) is 0 Å². The van der Waals surface area contributed by atoms with Crippen LogP contribution in [0.25, 0.3) is 0 Å². The van der Waals surface area contributed by atoms with E-state index >= 15 is 0 Å². The van der Waals surface area contributed by atoms with Gasteiger partial charge in [-0.15, -0.1) is 0 Å². The lowest BCUT2D eigenvalue weighted by atomic mass is 10.0. The molecule has 2 aromatic rings. The van der Waals surface area contributed by atoms with Gasteiger partial charge in [0.25, 0.3) is 0 Å². The highest BCUT2D eigenvalue weighted by Gasteiger charge is 2.03. The molecule has 0 saturated carbocycles. The molecular weight excluding hydrogens is 232 g/mol. The average Bonchev–Trinajstić information content (AvgIpc) is 2.44. The van der Waals surface area contributed by atoms with Crippen molar-refractivity contribution in [3.63, 3.8) is 0 Å². The lowest BCUT2D eigenvalue weighted by Gasteiger charge is -2.03. The van der Waals surface area contributed by atoms with Crippen molar-refractivity contribution >= 4 is 5.78 Å². The van der Waals surface area contributed by atoms with Crippen LogP contribution < -0.4 is 0 Å². The number of hydrogen-bond donors (Lipinski definition) is 0. The van der Waals surface area contributed by atoms with Crippen molar-refractivity contribution < 1.29 is 4.79 Å². The lowest BCUT2D eigenvalue weighted by Crippen LogP contribution is -2.02. The fourth-order valence-corrected chi connectivity index (χ4v) is 2.20. The largest absolute Gasteiger partial charge is 0.300 e. The number of hydrogen-bond acceptors (Lipinski definition) is 1. The van der Waals surface area contributed by atoms with E-state index in [9.17, 15) is 4.79 Å². The van der Waals surface area contributed by atoms with Crippen LogP contribution in [0.5, 0.6) is 0 Å². The Balaban J connectivity index is 1.76. The van der Waals surface area contributed by atoms with Crippen LogP contribution in [0.15, 0.2) is 54.6 Å². The highest BCUT2D eigenvalue weighted by Crippen LogP contribution is 2.09. The molecule has 98 valence electrons. The van der Waals surface area contributed by atoms with Crippen LogP contribution in [0, 0.1) is 6.92 Å². The molecule has 0 saturated heterocycles. The third-order valence-electron chi connectivity index (χ3n) is 3.31. The Hall–Kier alpha value is -1.89. The summed E-state index contributed by atoms with van der Waals surface area (Å²) in [6, 6.07) is 18.6. The molecule has 1 nitrogen and oxygen atoms in total. The molecular formula is C18H20O. The van der Waals surface area contributed by atoms with Crippen molar-refractivity contribution in [2.75, 3.05) is 0 Å². The van der Waals surface area contributed by atoms with E-state index in [1.54, 1.807) is 0 Å². The van der Waals surface area contributed by atoms with Crippen LogP contribution in [0.1, 0.15) is 29.5 Å². The summed E-state index contributed by atoms with van der Waals surface area (Å²) in [5.74, 6) is 0.352. The Bertz CT molecular complexity index is 528. The van der Waals surface area contributed by atoms with E-state index in [2.05, 4.69) is 43.3 Å². The molecule has 2 aromatic carbocycles. The zero-order valence-electron chi connectivity index (χ0n) is 11.4. The minimum Gasteiger partial charge on any atom is -0.300 e. The molecule has 19 heavy (non-hydrogen) atoms. The van der Waals surface area contributed by atoms with Gasteiger partial charge in [-0.05, 0) is 30.9 Å². The van der Waals surface area contributed by atoms with Gasteiger partial charge in [-0.25, -0.2) is 0 Å². The summed E-state index contributed by atoms with van der Waals surface area (Å²) in [4.78, 5) is 11.9. The van der Waals surface area contributed by atoms with Crippen LogP contribution in [0.4, 0.5) is 0 Å². The summed E-state index contributed by atoms with van der Waals surface area (Å²) in [5.41, 5.74) is 3.76. The van der Waals surface area contributed by atoms with Crippen LogP contribution in [-0.2, 0) is 17.6 Å². The summed E-state index contributed by atoms with van der Waals surface area (Å²) in [7, 11) is 0. The van der Waals surface area contributed by atoms with Gasteiger partial charge in [-0.3, -0.25) is 4.79 Å². The van der Waals surface area contributed by atoms with Crippen molar-refractivity contribution in [3.05, 3.63) is 71.3 Å².